The number of hydrogen-bond donors (Lipinski definition) is 1. The van der Waals surface area contributed by atoms with Crippen LogP contribution in [-0.4, -0.2) is 43.8 Å². The average Bonchev–Trinajstić information content (AvgIpc) is 2.51. The van der Waals surface area contributed by atoms with Crippen LogP contribution in [0, 0.1) is 0 Å². The second kappa shape index (κ2) is 6.91. The summed E-state index contributed by atoms with van der Waals surface area (Å²) in [4.78, 5) is 2.51. The first-order valence-electron chi connectivity index (χ1n) is 8.39. The van der Waals surface area contributed by atoms with E-state index in [0.717, 1.165) is 32.8 Å². The van der Waals surface area contributed by atoms with Gasteiger partial charge in [0.1, 0.15) is 0 Å². The highest BCUT2D eigenvalue weighted by Gasteiger charge is 2.25. The van der Waals surface area contributed by atoms with Crippen LogP contribution in [0.2, 0.25) is 0 Å². The Balaban J connectivity index is 1.61. The molecule has 0 radical (unpaired) electrons. The molecule has 2 aliphatic rings. The first-order valence-corrected chi connectivity index (χ1v) is 8.39. The van der Waals surface area contributed by atoms with Gasteiger partial charge in [-0.25, -0.2) is 0 Å². The van der Waals surface area contributed by atoms with Gasteiger partial charge in [0.05, 0.1) is 13.2 Å². The smallest absolute Gasteiger partial charge is 0.0594 e. The van der Waals surface area contributed by atoms with Gasteiger partial charge in [-0.3, -0.25) is 4.90 Å². The zero-order valence-corrected chi connectivity index (χ0v) is 13.3. The molecular formula is C18H28N2O. The van der Waals surface area contributed by atoms with Crippen molar-refractivity contribution in [3.63, 3.8) is 0 Å². The summed E-state index contributed by atoms with van der Waals surface area (Å²) in [6.45, 7) is 9.71. The van der Waals surface area contributed by atoms with Gasteiger partial charge in [-0.2, -0.15) is 0 Å². The number of nitrogens with one attached hydrogen (secondary N) is 1. The molecule has 3 atom stereocenters. The SMILES string of the molecule is CC(CN1CCOCC1)NC1CCC(C)c2ccccc21. The predicted molar refractivity (Wildman–Crippen MR) is 86.7 cm³/mol. The first kappa shape index (κ1) is 15.0. The van der Waals surface area contributed by atoms with Gasteiger partial charge in [0, 0.05) is 31.7 Å². The van der Waals surface area contributed by atoms with E-state index in [1.807, 2.05) is 0 Å². The summed E-state index contributed by atoms with van der Waals surface area (Å²) in [5.74, 6) is 0.703. The monoisotopic (exact) mass is 288 g/mol. The lowest BCUT2D eigenvalue weighted by atomic mass is 9.81. The van der Waals surface area contributed by atoms with E-state index < -0.39 is 0 Å². The molecule has 0 bridgehead atoms. The Kier molecular flexibility index (Phi) is 4.94. The molecular weight excluding hydrogens is 260 g/mol. The van der Waals surface area contributed by atoms with E-state index in [1.165, 1.54) is 18.4 Å². The minimum absolute atomic E-state index is 0.522. The summed E-state index contributed by atoms with van der Waals surface area (Å²) in [6, 6.07) is 10.0. The lowest BCUT2D eigenvalue weighted by Crippen LogP contribution is -2.45. The number of hydrogen-bond acceptors (Lipinski definition) is 3. The summed E-state index contributed by atoms with van der Waals surface area (Å²) in [5.41, 5.74) is 3.06. The number of benzene rings is 1. The van der Waals surface area contributed by atoms with Gasteiger partial charge in [-0.15, -0.1) is 0 Å². The van der Waals surface area contributed by atoms with Gasteiger partial charge in [0.25, 0.3) is 0 Å². The van der Waals surface area contributed by atoms with Crippen LogP contribution >= 0.6 is 0 Å². The molecule has 1 fully saturated rings. The van der Waals surface area contributed by atoms with Gasteiger partial charge in [-0.1, -0.05) is 31.2 Å². The molecule has 116 valence electrons. The zero-order valence-electron chi connectivity index (χ0n) is 13.3. The molecule has 3 nitrogen and oxygen atoms in total. The maximum absolute atomic E-state index is 5.43. The van der Waals surface area contributed by atoms with Crippen LogP contribution in [0.15, 0.2) is 24.3 Å². The van der Waals surface area contributed by atoms with Crippen molar-refractivity contribution < 1.29 is 4.74 Å². The number of fused-ring (bicyclic) bond motifs is 1. The van der Waals surface area contributed by atoms with Gasteiger partial charge in [0.15, 0.2) is 0 Å². The maximum Gasteiger partial charge on any atom is 0.0594 e. The molecule has 1 heterocycles. The lowest BCUT2D eigenvalue weighted by Gasteiger charge is -2.35. The molecule has 3 heteroatoms. The van der Waals surface area contributed by atoms with Crippen molar-refractivity contribution in [2.75, 3.05) is 32.8 Å². The minimum atomic E-state index is 0.522. The van der Waals surface area contributed by atoms with E-state index in [-0.39, 0.29) is 0 Å². The van der Waals surface area contributed by atoms with Crippen LogP contribution in [0.5, 0.6) is 0 Å². The Bertz CT molecular complexity index is 456. The number of ether oxygens (including phenoxy) is 1. The molecule has 21 heavy (non-hydrogen) atoms. The standard InChI is InChI=1S/C18H28N2O/c1-14-7-8-18(17-6-4-3-5-16(14)17)19-15(2)13-20-9-11-21-12-10-20/h3-6,14-15,18-19H,7-13H2,1-2H3. The van der Waals surface area contributed by atoms with Crippen molar-refractivity contribution >= 4 is 0 Å². The second-order valence-corrected chi connectivity index (χ2v) is 6.64. The van der Waals surface area contributed by atoms with Crippen molar-refractivity contribution in [2.45, 2.75) is 44.7 Å². The van der Waals surface area contributed by atoms with Crippen LogP contribution < -0.4 is 5.32 Å². The molecule has 1 aliphatic carbocycles. The van der Waals surface area contributed by atoms with E-state index in [1.54, 1.807) is 5.56 Å². The fourth-order valence-electron chi connectivity index (χ4n) is 3.74. The average molecular weight is 288 g/mol. The summed E-state index contributed by atoms with van der Waals surface area (Å²) < 4.78 is 5.43. The van der Waals surface area contributed by atoms with E-state index in [9.17, 15) is 0 Å². The van der Waals surface area contributed by atoms with E-state index in [0.29, 0.717) is 18.0 Å². The van der Waals surface area contributed by atoms with Crippen LogP contribution in [0.3, 0.4) is 0 Å². The van der Waals surface area contributed by atoms with Crippen LogP contribution in [0.25, 0.3) is 0 Å². The largest absolute Gasteiger partial charge is 0.379 e. The van der Waals surface area contributed by atoms with Crippen molar-refractivity contribution in [3.8, 4) is 0 Å². The molecule has 1 aromatic rings. The first-order chi connectivity index (χ1) is 10.2. The third-order valence-electron chi connectivity index (χ3n) is 4.91. The van der Waals surface area contributed by atoms with Crippen molar-refractivity contribution in [1.82, 2.24) is 10.2 Å². The highest BCUT2D eigenvalue weighted by molar-refractivity contribution is 5.35. The Hall–Kier alpha value is -0.900. The maximum atomic E-state index is 5.43. The minimum Gasteiger partial charge on any atom is -0.379 e. The molecule has 1 saturated heterocycles. The van der Waals surface area contributed by atoms with Crippen LogP contribution in [-0.2, 0) is 4.74 Å². The van der Waals surface area contributed by atoms with Crippen molar-refractivity contribution in [2.24, 2.45) is 0 Å². The number of morpholine rings is 1. The topological polar surface area (TPSA) is 24.5 Å². The molecule has 0 spiro atoms. The summed E-state index contributed by atoms with van der Waals surface area (Å²) >= 11 is 0. The fraction of sp³-hybridized carbons (Fsp3) is 0.667. The fourth-order valence-corrected chi connectivity index (χ4v) is 3.74. The normalized spacial score (nSPS) is 28.1. The van der Waals surface area contributed by atoms with Crippen molar-refractivity contribution in [3.05, 3.63) is 35.4 Å². The third kappa shape index (κ3) is 3.65. The molecule has 0 aromatic heterocycles. The van der Waals surface area contributed by atoms with Crippen LogP contribution in [0.4, 0.5) is 0 Å². The Morgan fingerprint density at radius 3 is 2.67 bits per heavy atom. The Morgan fingerprint density at radius 1 is 1.19 bits per heavy atom. The van der Waals surface area contributed by atoms with Gasteiger partial charge in [-0.05, 0) is 36.8 Å². The van der Waals surface area contributed by atoms with E-state index in [2.05, 4.69) is 48.3 Å². The molecule has 3 rings (SSSR count). The molecule has 1 N–H and O–H groups in total. The molecule has 0 amide bonds. The molecule has 0 saturated carbocycles. The lowest BCUT2D eigenvalue weighted by molar-refractivity contribution is 0.0337. The summed E-state index contributed by atoms with van der Waals surface area (Å²) in [7, 11) is 0. The molecule has 1 aliphatic heterocycles. The van der Waals surface area contributed by atoms with E-state index in [4.69, 9.17) is 4.74 Å². The van der Waals surface area contributed by atoms with Gasteiger partial charge in [0.2, 0.25) is 0 Å². The molecule has 1 aromatic carbocycles. The van der Waals surface area contributed by atoms with Gasteiger partial charge >= 0.3 is 0 Å². The van der Waals surface area contributed by atoms with Gasteiger partial charge < -0.3 is 10.1 Å². The summed E-state index contributed by atoms with van der Waals surface area (Å²) in [5, 5.41) is 3.86. The number of nitrogens with zero attached hydrogens (tertiary/aromatic N) is 1. The van der Waals surface area contributed by atoms with Crippen LogP contribution in [0.1, 0.15) is 49.8 Å². The number of rotatable bonds is 4. The van der Waals surface area contributed by atoms with E-state index >= 15 is 0 Å². The molecule has 3 unspecified atom stereocenters. The highest BCUT2D eigenvalue weighted by atomic mass is 16.5. The Morgan fingerprint density at radius 2 is 1.90 bits per heavy atom. The highest BCUT2D eigenvalue weighted by Crippen LogP contribution is 2.37. The predicted octanol–water partition coefficient (Wildman–Crippen LogP) is 2.94. The zero-order chi connectivity index (χ0) is 14.7. The summed E-state index contributed by atoms with van der Waals surface area (Å²) in [6.07, 6.45) is 2.55. The van der Waals surface area contributed by atoms with Crippen molar-refractivity contribution in [1.29, 1.82) is 0 Å². The Labute approximate surface area is 128 Å². The quantitative estimate of drug-likeness (QED) is 0.922. The second-order valence-electron chi connectivity index (χ2n) is 6.64. The third-order valence-corrected chi connectivity index (χ3v) is 4.91.